The van der Waals surface area contributed by atoms with Gasteiger partial charge < -0.3 is 9.84 Å². The lowest BCUT2D eigenvalue weighted by molar-refractivity contribution is 0.0851. The van der Waals surface area contributed by atoms with Gasteiger partial charge in [0.25, 0.3) is 0 Å². The molecular formula is C16H18O3. The summed E-state index contributed by atoms with van der Waals surface area (Å²) in [5.74, 6) is 0.887. The van der Waals surface area contributed by atoms with Crippen molar-refractivity contribution in [3.05, 3.63) is 41.7 Å². The molecule has 3 rings (SSSR count). The molecule has 1 aliphatic carbocycles. The van der Waals surface area contributed by atoms with Crippen LogP contribution in [0.2, 0.25) is 0 Å². The molecule has 1 heterocycles. The minimum atomic E-state index is -0.285. The molecule has 1 fully saturated rings. The van der Waals surface area contributed by atoms with E-state index in [9.17, 15) is 9.90 Å². The predicted octanol–water partition coefficient (Wildman–Crippen LogP) is 3.65. The fourth-order valence-corrected chi connectivity index (χ4v) is 3.16. The van der Waals surface area contributed by atoms with Crippen molar-refractivity contribution in [3.63, 3.8) is 0 Å². The lowest BCUT2D eigenvalue weighted by Gasteiger charge is -2.34. The summed E-state index contributed by atoms with van der Waals surface area (Å²) in [5.41, 5.74) is 0.959. The van der Waals surface area contributed by atoms with E-state index >= 15 is 0 Å². The maximum atomic E-state index is 12.4. The third-order valence-corrected chi connectivity index (χ3v) is 4.17. The number of carbonyl (C=O) groups excluding carboxylic acids is 1. The van der Waals surface area contributed by atoms with Crippen LogP contribution in [0.4, 0.5) is 0 Å². The topological polar surface area (TPSA) is 46.5 Å². The number of hydrogen-bond donors (Lipinski definition) is 1. The van der Waals surface area contributed by atoms with Crippen molar-refractivity contribution in [3.8, 4) is 5.75 Å². The highest BCUT2D eigenvalue weighted by Gasteiger charge is 2.37. The van der Waals surface area contributed by atoms with E-state index in [-0.39, 0.29) is 11.9 Å². The Morgan fingerprint density at radius 1 is 1.16 bits per heavy atom. The third kappa shape index (κ3) is 2.14. The van der Waals surface area contributed by atoms with Crippen LogP contribution in [0.15, 0.2) is 36.1 Å². The number of ether oxygens (including phenoxy) is 1. The molecule has 19 heavy (non-hydrogen) atoms. The monoisotopic (exact) mass is 258 g/mol. The molecule has 1 aliphatic heterocycles. The van der Waals surface area contributed by atoms with Crippen LogP contribution in [0.3, 0.4) is 0 Å². The van der Waals surface area contributed by atoms with E-state index in [1.54, 1.807) is 6.07 Å². The molecular weight excluding hydrogens is 240 g/mol. The van der Waals surface area contributed by atoms with Crippen molar-refractivity contribution < 1.29 is 14.6 Å². The number of fused-ring (bicyclic) bond motifs is 1. The number of rotatable bonds is 1. The molecule has 0 radical (unpaired) electrons. The average Bonchev–Trinajstić information content (AvgIpc) is 2.48. The highest BCUT2D eigenvalue weighted by atomic mass is 16.5. The first-order valence-electron chi connectivity index (χ1n) is 6.96. The van der Waals surface area contributed by atoms with E-state index in [2.05, 4.69) is 0 Å². The van der Waals surface area contributed by atoms with Gasteiger partial charge >= 0.3 is 0 Å². The molecule has 0 aromatic heterocycles. The minimum Gasteiger partial charge on any atom is -0.515 e. The quantitative estimate of drug-likeness (QED) is 0.617. The number of hydrogen-bond acceptors (Lipinski definition) is 3. The number of Topliss-reactive ketones (excluding diaryl/α,β-unsaturated/α-hetero) is 1. The third-order valence-electron chi connectivity index (χ3n) is 4.17. The van der Waals surface area contributed by atoms with Crippen molar-refractivity contribution in [2.75, 3.05) is 0 Å². The van der Waals surface area contributed by atoms with Gasteiger partial charge in [0.05, 0.1) is 17.4 Å². The first-order valence-corrected chi connectivity index (χ1v) is 6.96. The molecule has 1 aromatic rings. The first kappa shape index (κ1) is 12.3. The summed E-state index contributed by atoms with van der Waals surface area (Å²) < 4.78 is 6.00. The Kier molecular flexibility index (Phi) is 3.28. The second-order valence-corrected chi connectivity index (χ2v) is 5.35. The summed E-state index contributed by atoms with van der Waals surface area (Å²) in [7, 11) is 0. The number of aliphatic hydroxyl groups is 1. The molecule has 100 valence electrons. The van der Waals surface area contributed by atoms with Crippen molar-refractivity contribution in [2.45, 2.75) is 38.2 Å². The summed E-state index contributed by atoms with van der Waals surface area (Å²) in [4.78, 5) is 12.4. The second-order valence-electron chi connectivity index (χ2n) is 5.35. The molecule has 0 spiro atoms. The Hall–Kier alpha value is -1.77. The van der Waals surface area contributed by atoms with Crippen LogP contribution >= 0.6 is 0 Å². The van der Waals surface area contributed by atoms with Gasteiger partial charge in [0, 0.05) is 5.92 Å². The van der Waals surface area contributed by atoms with Gasteiger partial charge in [-0.05, 0) is 25.0 Å². The Balaban J connectivity index is 1.95. The number of aliphatic hydroxyl groups excluding tert-OH is 1. The molecule has 3 heteroatoms. The smallest absolute Gasteiger partial charge is 0.199 e. The molecule has 2 aliphatic rings. The zero-order valence-electron chi connectivity index (χ0n) is 10.8. The van der Waals surface area contributed by atoms with Crippen LogP contribution in [-0.4, -0.2) is 17.0 Å². The van der Waals surface area contributed by atoms with Gasteiger partial charge in [0.15, 0.2) is 5.78 Å². The Morgan fingerprint density at radius 3 is 2.63 bits per heavy atom. The summed E-state index contributed by atoms with van der Waals surface area (Å²) >= 11 is 0. The average molecular weight is 258 g/mol. The molecule has 0 saturated heterocycles. The van der Waals surface area contributed by atoms with E-state index in [4.69, 9.17) is 4.74 Å². The Morgan fingerprint density at radius 2 is 1.89 bits per heavy atom. The molecule has 3 nitrogen and oxygen atoms in total. The standard InChI is InChI=1S/C16H18O3/c17-10-13-15(18)12-8-4-5-9-14(12)19-16(13)11-6-2-1-3-7-11/h4-5,8-11,16-17H,1-3,6-7H2/b13-10+. The van der Waals surface area contributed by atoms with Gasteiger partial charge in [0.2, 0.25) is 0 Å². The van der Waals surface area contributed by atoms with E-state index in [1.165, 1.54) is 19.3 Å². The maximum absolute atomic E-state index is 12.4. The van der Waals surface area contributed by atoms with Gasteiger partial charge in [-0.25, -0.2) is 0 Å². The first-order chi connectivity index (χ1) is 9.31. The molecule has 0 bridgehead atoms. The Labute approximate surface area is 112 Å². The molecule has 1 N–H and O–H groups in total. The fourth-order valence-electron chi connectivity index (χ4n) is 3.16. The summed E-state index contributed by atoms with van der Waals surface area (Å²) in [6.07, 6.45) is 6.41. The van der Waals surface area contributed by atoms with Crippen LogP contribution in [0.5, 0.6) is 5.75 Å². The van der Waals surface area contributed by atoms with Gasteiger partial charge in [-0.2, -0.15) is 0 Å². The summed E-state index contributed by atoms with van der Waals surface area (Å²) in [5, 5.41) is 9.43. The highest BCUT2D eigenvalue weighted by molar-refractivity contribution is 6.12. The van der Waals surface area contributed by atoms with Gasteiger partial charge in [0.1, 0.15) is 11.9 Å². The zero-order valence-corrected chi connectivity index (χ0v) is 10.8. The van der Waals surface area contributed by atoms with E-state index in [1.807, 2.05) is 18.2 Å². The van der Waals surface area contributed by atoms with Crippen LogP contribution < -0.4 is 4.74 Å². The maximum Gasteiger partial charge on any atom is 0.199 e. The molecule has 0 amide bonds. The number of benzene rings is 1. The van der Waals surface area contributed by atoms with Crippen molar-refractivity contribution in [1.29, 1.82) is 0 Å². The van der Waals surface area contributed by atoms with E-state index in [0.717, 1.165) is 19.1 Å². The SMILES string of the molecule is O=C1/C(=C\O)C(C2CCCCC2)Oc2ccccc21. The van der Waals surface area contributed by atoms with Gasteiger partial charge in [-0.15, -0.1) is 0 Å². The molecule has 1 atom stereocenters. The van der Waals surface area contributed by atoms with Gasteiger partial charge in [-0.3, -0.25) is 4.79 Å². The molecule has 1 saturated carbocycles. The van der Waals surface area contributed by atoms with Crippen LogP contribution in [0.1, 0.15) is 42.5 Å². The highest BCUT2D eigenvalue weighted by Crippen LogP contribution is 2.38. The lowest BCUT2D eigenvalue weighted by Crippen LogP contribution is -2.37. The minimum absolute atomic E-state index is 0.0973. The molecule has 1 unspecified atom stereocenters. The van der Waals surface area contributed by atoms with E-state index < -0.39 is 0 Å². The number of ketones is 1. The van der Waals surface area contributed by atoms with Gasteiger partial charge in [-0.1, -0.05) is 31.4 Å². The fraction of sp³-hybridized carbons (Fsp3) is 0.438. The number of carbonyl (C=O) groups is 1. The Bertz CT molecular complexity index is 512. The second kappa shape index (κ2) is 5.08. The van der Waals surface area contributed by atoms with Crippen molar-refractivity contribution in [1.82, 2.24) is 0 Å². The zero-order chi connectivity index (χ0) is 13.2. The number of para-hydroxylation sites is 1. The lowest BCUT2D eigenvalue weighted by atomic mass is 9.80. The predicted molar refractivity (Wildman–Crippen MR) is 72.5 cm³/mol. The van der Waals surface area contributed by atoms with Crippen LogP contribution in [-0.2, 0) is 0 Å². The van der Waals surface area contributed by atoms with Crippen molar-refractivity contribution >= 4 is 5.78 Å². The van der Waals surface area contributed by atoms with E-state index in [0.29, 0.717) is 22.8 Å². The summed E-state index contributed by atoms with van der Waals surface area (Å²) in [6.45, 7) is 0. The van der Waals surface area contributed by atoms with Crippen LogP contribution in [0, 0.1) is 5.92 Å². The van der Waals surface area contributed by atoms with Crippen molar-refractivity contribution in [2.24, 2.45) is 5.92 Å². The normalized spacial score (nSPS) is 26.0. The molecule has 1 aromatic carbocycles. The largest absolute Gasteiger partial charge is 0.515 e. The summed E-state index contributed by atoms with van der Waals surface area (Å²) in [6, 6.07) is 7.27. The van der Waals surface area contributed by atoms with Crippen LogP contribution in [0.25, 0.3) is 0 Å².